The van der Waals surface area contributed by atoms with Crippen molar-refractivity contribution in [1.29, 1.82) is 0 Å². The third kappa shape index (κ3) is 3.96. The summed E-state index contributed by atoms with van der Waals surface area (Å²) in [6, 6.07) is 3.63. The van der Waals surface area contributed by atoms with Crippen molar-refractivity contribution in [3.63, 3.8) is 0 Å². The first-order chi connectivity index (χ1) is 9.31. The van der Waals surface area contributed by atoms with Crippen LogP contribution < -0.4 is 4.74 Å². The van der Waals surface area contributed by atoms with Crippen molar-refractivity contribution in [2.75, 3.05) is 6.61 Å². The van der Waals surface area contributed by atoms with Gasteiger partial charge in [-0.2, -0.15) is 0 Å². The van der Waals surface area contributed by atoms with E-state index >= 15 is 0 Å². The van der Waals surface area contributed by atoms with E-state index in [1.54, 1.807) is 6.92 Å². The highest BCUT2D eigenvalue weighted by Gasteiger charge is 2.24. The molecule has 1 aromatic rings. The lowest BCUT2D eigenvalue weighted by Gasteiger charge is -2.29. The van der Waals surface area contributed by atoms with E-state index in [1.807, 2.05) is 6.92 Å². The number of aliphatic hydroxyl groups is 1. The van der Waals surface area contributed by atoms with Gasteiger partial charge in [0.25, 0.3) is 0 Å². The van der Waals surface area contributed by atoms with Crippen LogP contribution in [0.2, 0.25) is 0 Å². The molecule has 110 valence electrons. The van der Waals surface area contributed by atoms with Crippen LogP contribution in [0.15, 0.2) is 18.2 Å². The summed E-state index contributed by atoms with van der Waals surface area (Å²) in [6.45, 7) is 3.57. The minimum absolute atomic E-state index is 0.0747. The summed E-state index contributed by atoms with van der Waals surface area (Å²) in [5.41, 5.74) is -0.980. The van der Waals surface area contributed by atoms with E-state index in [0.29, 0.717) is 12.8 Å². The second-order valence-corrected chi connectivity index (χ2v) is 4.74. The maximum Gasteiger partial charge on any atom is 0.335 e. The first-order valence-corrected chi connectivity index (χ1v) is 6.23. The summed E-state index contributed by atoms with van der Waals surface area (Å²) in [5, 5.41) is 27.0. The van der Waals surface area contributed by atoms with Gasteiger partial charge in [-0.3, -0.25) is 0 Å². The summed E-state index contributed by atoms with van der Waals surface area (Å²) in [5.74, 6) is -2.28. The van der Waals surface area contributed by atoms with Crippen molar-refractivity contribution in [3.8, 4) is 5.75 Å². The van der Waals surface area contributed by atoms with E-state index in [4.69, 9.17) is 20.1 Å². The number of rotatable bonds is 7. The molecule has 0 radical (unpaired) electrons. The molecule has 0 saturated carbocycles. The van der Waals surface area contributed by atoms with Gasteiger partial charge in [0.2, 0.25) is 0 Å². The number of hydrogen-bond acceptors (Lipinski definition) is 4. The molecule has 3 N–H and O–H groups in total. The van der Waals surface area contributed by atoms with Gasteiger partial charge in [0.15, 0.2) is 0 Å². The minimum Gasteiger partial charge on any atom is -0.487 e. The van der Waals surface area contributed by atoms with Gasteiger partial charge in [0.05, 0.1) is 11.1 Å². The molecule has 0 aliphatic carbocycles. The lowest BCUT2D eigenvalue weighted by Crippen LogP contribution is -2.32. The van der Waals surface area contributed by atoms with Crippen LogP contribution in [0.25, 0.3) is 0 Å². The number of aromatic carboxylic acids is 2. The molecular formula is C14H18O6. The Morgan fingerprint density at radius 3 is 2.00 bits per heavy atom. The van der Waals surface area contributed by atoms with Crippen LogP contribution in [-0.4, -0.2) is 39.5 Å². The van der Waals surface area contributed by atoms with Crippen molar-refractivity contribution in [3.05, 3.63) is 29.3 Å². The average Bonchev–Trinajstić information content (AvgIpc) is 2.38. The van der Waals surface area contributed by atoms with E-state index in [9.17, 15) is 9.59 Å². The zero-order valence-corrected chi connectivity index (χ0v) is 11.4. The maximum absolute atomic E-state index is 11.0. The maximum atomic E-state index is 11.0. The topological polar surface area (TPSA) is 104 Å². The van der Waals surface area contributed by atoms with Crippen molar-refractivity contribution in [2.24, 2.45) is 0 Å². The zero-order chi connectivity index (χ0) is 15.3. The number of aliphatic hydroxyl groups excluding tert-OH is 1. The van der Waals surface area contributed by atoms with Crippen molar-refractivity contribution in [1.82, 2.24) is 0 Å². The quantitative estimate of drug-likeness (QED) is 0.706. The summed E-state index contributed by atoms with van der Waals surface area (Å²) in [6.07, 6.45) is 0.955. The predicted molar refractivity (Wildman–Crippen MR) is 71.4 cm³/mol. The van der Waals surface area contributed by atoms with Crippen LogP contribution in [0, 0.1) is 0 Å². The van der Waals surface area contributed by atoms with E-state index < -0.39 is 17.5 Å². The molecule has 6 heteroatoms. The number of hydrogen-bond donors (Lipinski definition) is 3. The molecule has 0 heterocycles. The molecule has 1 aromatic carbocycles. The Balaban J connectivity index is 3.17. The fraction of sp³-hybridized carbons (Fsp3) is 0.429. The SMILES string of the molecule is CCC(C)(CCO)Oc1cc(C(=O)O)cc(C(=O)O)c1. The second-order valence-electron chi connectivity index (χ2n) is 4.74. The van der Waals surface area contributed by atoms with Crippen LogP contribution >= 0.6 is 0 Å². The Hall–Kier alpha value is -2.08. The molecule has 0 saturated heterocycles. The highest BCUT2D eigenvalue weighted by molar-refractivity contribution is 5.94. The fourth-order valence-corrected chi connectivity index (χ4v) is 1.73. The number of carboxylic acids is 2. The zero-order valence-electron chi connectivity index (χ0n) is 11.4. The number of carboxylic acid groups (broad SMARTS) is 2. The van der Waals surface area contributed by atoms with Crippen LogP contribution in [0.4, 0.5) is 0 Å². The second kappa shape index (κ2) is 6.38. The minimum atomic E-state index is -1.22. The Labute approximate surface area is 116 Å². The van der Waals surface area contributed by atoms with Crippen LogP contribution in [0.3, 0.4) is 0 Å². The highest BCUT2D eigenvalue weighted by Crippen LogP contribution is 2.26. The molecule has 1 unspecified atom stereocenters. The van der Waals surface area contributed by atoms with E-state index in [-0.39, 0.29) is 23.5 Å². The normalized spacial score (nSPS) is 13.6. The molecule has 0 aromatic heterocycles. The fourth-order valence-electron chi connectivity index (χ4n) is 1.73. The van der Waals surface area contributed by atoms with Crippen LogP contribution in [-0.2, 0) is 0 Å². The Kier molecular flexibility index (Phi) is 5.10. The third-order valence-corrected chi connectivity index (χ3v) is 3.15. The van der Waals surface area contributed by atoms with Crippen molar-refractivity contribution < 1.29 is 29.6 Å². The lowest BCUT2D eigenvalue weighted by molar-refractivity contribution is 0.0536. The molecule has 1 rings (SSSR count). The predicted octanol–water partition coefficient (Wildman–Crippen LogP) is 2.01. The first kappa shape index (κ1) is 16.0. The van der Waals surface area contributed by atoms with E-state index in [0.717, 1.165) is 6.07 Å². The van der Waals surface area contributed by atoms with Crippen LogP contribution in [0.1, 0.15) is 47.4 Å². The Morgan fingerprint density at radius 2 is 1.65 bits per heavy atom. The van der Waals surface area contributed by atoms with Crippen LogP contribution in [0.5, 0.6) is 5.75 Å². The number of carbonyl (C=O) groups is 2. The van der Waals surface area contributed by atoms with E-state index in [1.165, 1.54) is 12.1 Å². The average molecular weight is 282 g/mol. The Bertz CT molecular complexity index is 478. The molecule has 0 aliphatic heterocycles. The molecule has 1 atom stereocenters. The smallest absolute Gasteiger partial charge is 0.335 e. The molecule has 0 amide bonds. The number of ether oxygens (including phenoxy) is 1. The monoisotopic (exact) mass is 282 g/mol. The van der Waals surface area contributed by atoms with Gasteiger partial charge in [0, 0.05) is 13.0 Å². The molecule has 20 heavy (non-hydrogen) atoms. The van der Waals surface area contributed by atoms with E-state index in [2.05, 4.69) is 0 Å². The molecule has 0 bridgehead atoms. The van der Waals surface area contributed by atoms with Gasteiger partial charge < -0.3 is 20.1 Å². The molecule has 0 fully saturated rings. The van der Waals surface area contributed by atoms with Gasteiger partial charge in [-0.05, 0) is 31.5 Å². The largest absolute Gasteiger partial charge is 0.487 e. The molecule has 6 nitrogen and oxygen atoms in total. The van der Waals surface area contributed by atoms with Gasteiger partial charge in [-0.15, -0.1) is 0 Å². The Morgan fingerprint density at radius 1 is 1.15 bits per heavy atom. The molecule has 0 spiro atoms. The standard InChI is InChI=1S/C14H18O6/c1-3-14(2,4-5-15)20-11-7-9(12(16)17)6-10(8-11)13(18)19/h6-8,15H,3-5H2,1-2H3,(H,16,17)(H,18,19). The summed E-state index contributed by atoms with van der Waals surface area (Å²) < 4.78 is 5.69. The van der Waals surface area contributed by atoms with Crippen molar-refractivity contribution in [2.45, 2.75) is 32.3 Å². The lowest BCUT2D eigenvalue weighted by atomic mass is 9.99. The van der Waals surface area contributed by atoms with Gasteiger partial charge in [0.1, 0.15) is 11.4 Å². The summed E-state index contributed by atoms with van der Waals surface area (Å²) in [4.78, 5) is 22.0. The van der Waals surface area contributed by atoms with Gasteiger partial charge >= 0.3 is 11.9 Å². The van der Waals surface area contributed by atoms with Gasteiger partial charge in [-0.1, -0.05) is 6.92 Å². The molecular weight excluding hydrogens is 264 g/mol. The number of benzene rings is 1. The van der Waals surface area contributed by atoms with Gasteiger partial charge in [-0.25, -0.2) is 9.59 Å². The first-order valence-electron chi connectivity index (χ1n) is 6.23. The highest BCUT2D eigenvalue weighted by atomic mass is 16.5. The third-order valence-electron chi connectivity index (χ3n) is 3.15. The summed E-state index contributed by atoms with van der Waals surface area (Å²) >= 11 is 0. The van der Waals surface area contributed by atoms with Crippen molar-refractivity contribution >= 4 is 11.9 Å². The summed E-state index contributed by atoms with van der Waals surface area (Å²) in [7, 11) is 0. The molecule has 0 aliphatic rings.